The van der Waals surface area contributed by atoms with E-state index in [-0.39, 0.29) is 0 Å². The van der Waals surface area contributed by atoms with Gasteiger partial charge < -0.3 is 5.32 Å². The molecule has 2 heteroatoms. The first-order valence-corrected chi connectivity index (χ1v) is 7.77. The molecule has 0 radical (unpaired) electrons. The molecule has 0 spiro atoms. The van der Waals surface area contributed by atoms with Crippen LogP contribution in [0.2, 0.25) is 0 Å². The number of thioether (sulfide) groups is 1. The zero-order valence-corrected chi connectivity index (χ0v) is 11.0. The van der Waals surface area contributed by atoms with Crippen LogP contribution < -0.4 is 5.32 Å². The van der Waals surface area contributed by atoms with E-state index in [9.17, 15) is 0 Å². The average Bonchev–Trinajstić information content (AvgIpc) is 2.99. The highest BCUT2D eigenvalue weighted by Crippen LogP contribution is 2.36. The zero-order chi connectivity index (χ0) is 10.7. The van der Waals surface area contributed by atoms with Gasteiger partial charge in [0.15, 0.2) is 0 Å². The van der Waals surface area contributed by atoms with E-state index in [0.717, 1.165) is 23.3 Å². The van der Waals surface area contributed by atoms with Crippen LogP contribution in [-0.4, -0.2) is 23.1 Å². The number of rotatable bonds is 6. The number of nitrogens with one attached hydrogen (secondary N) is 1. The van der Waals surface area contributed by atoms with Crippen LogP contribution in [0.15, 0.2) is 0 Å². The van der Waals surface area contributed by atoms with Gasteiger partial charge in [-0.1, -0.05) is 20.3 Å². The molecular weight excluding hydrogens is 202 g/mol. The Balaban J connectivity index is 1.80. The van der Waals surface area contributed by atoms with Crippen molar-refractivity contribution < 1.29 is 0 Å². The SMILES string of the molecule is CCSC1CCCC1NC(CC)C1CC1. The quantitative estimate of drug-likeness (QED) is 0.746. The lowest BCUT2D eigenvalue weighted by Crippen LogP contribution is -2.42. The van der Waals surface area contributed by atoms with Crippen molar-refractivity contribution in [2.24, 2.45) is 5.92 Å². The molecule has 0 heterocycles. The third-order valence-corrected chi connectivity index (χ3v) is 5.22. The second-order valence-electron chi connectivity index (χ2n) is 5.05. The fraction of sp³-hybridized carbons (Fsp3) is 1.00. The lowest BCUT2D eigenvalue weighted by Gasteiger charge is -2.26. The molecule has 0 saturated heterocycles. The van der Waals surface area contributed by atoms with Crippen LogP contribution in [0.25, 0.3) is 0 Å². The van der Waals surface area contributed by atoms with Crippen molar-refractivity contribution in [3.63, 3.8) is 0 Å². The molecule has 1 N–H and O–H groups in total. The van der Waals surface area contributed by atoms with Crippen LogP contribution in [0.4, 0.5) is 0 Å². The molecule has 15 heavy (non-hydrogen) atoms. The van der Waals surface area contributed by atoms with E-state index in [0.29, 0.717) is 0 Å². The third kappa shape index (κ3) is 3.13. The van der Waals surface area contributed by atoms with Gasteiger partial charge in [-0.25, -0.2) is 0 Å². The van der Waals surface area contributed by atoms with E-state index >= 15 is 0 Å². The van der Waals surface area contributed by atoms with E-state index < -0.39 is 0 Å². The maximum atomic E-state index is 3.94. The predicted octanol–water partition coefficient (Wildman–Crippen LogP) is 3.44. The lowest BCUT2D eigenvalue weighted by molar-refractivity contribution is 0.391. The molecule has 2 aliphatic carbocycles. The van der Waals surface area contributed by atoms with Crippen LogP contribution in [-0.2, 0) is 0 Å². The monoisotopic (exact) mass is 227 g/mol. The molecule has 3 unspecified atom stereocenters. The van der Waals surface area contributed by atoms with Crippen LogP contribution >= 0.6 is 11.8 Å². The molecule has 88 valence electrons. The molecule has 2 rings (SSSR count). The van der Waals surface area contributed by atoms with Gasteiger partial charge in [0.1, 0.15) is 0 Å². The van der Waals surface area contributed by atoms with Crippen LogP contribution in [0.1, 0.15) is 52.4 Å². The van der Waals surface area contributed by atoms with Crippen molar-refractivity contribution in [2.45, 2.75) is 69.7 Å². The van der Waals surface area contributed by atoms with E-state index in [1.165, 1.54) is 44.3 Å². The molecular formula is C13H25NS. The summed E-state index contributed by atoms with van der Waals surface area (Å²) in [5.41, 5.74) is 0. The van der Waals surface area contributed by atoms with Crippen molar-refractivity contribution in [1.82, 2.24) is 5.32 Å². The van der Waals surface area contributed by atoms with Gasteiger partial charge in [0, 0.05) is 17.3 Å². The van der Waals surface area contributed by atoms with Gasteiger partial charge in [-0.15, -0.1) is 0 Å². The fourth-order valence-corrected chi connectivity index (χ4v) is 4.10. The molecule has 0 aromatic rings. The summed E-state index contributed by atoms with van der Waals surface area (Å²) in [5.74, 6) is 2.30. The minimum absolute atomic E-state index is 0.820. The largest absolute Gasteiger partial charge is 0.310 e. The smallest absolute Gasteiger partial charge is 0.0201 e. The lowest BCUT2D eigenvalue weighted by atomic mass is 10.1. The second kappa shape index (κ2) is 5.58. The van der Waals surface area contributed by atoms with Gasteiger partial charge in [0.05, 0.1) is 0 Å². The van der Waals surface area contributed by atoms with Crippen molar-refractivity contribution in [1.29, 1.82) is 0 Å². The summed E-state index contributed by atoms with van der Waals surface area (Å²) in [6.07, 6.45) is 8.58. The normalized spacial score (nSPS) is 33.2. The molecule has 2 fully saturated rings. The Labute approximate surface area is 98.8 Å². The maximum absolute atomic E-state index is 3.94. The first-order chi connectivity index (χ1) is 7.35. The Morgan fingerprint density at radius 1 is 1.20 bits per heavy atom. The maximum Gasteiger partial charge on any atom is 0.0201 e. The Morgan fingerprint density at radius 2 is 2.00 bits per heavy atom. The first-order valence-electron chi connectivity index (χ1n) is 6.72. The van der Waals surface area contributed by atoms with Gasteiger partial charge in [-0.3, -0.25) is 0 Å². The molecule has 2 saturated carbocycles. The Kier molecular flexibility index (Phi) is 4.39. The van der Waals surface area contributed by atoms with Crippen LogP contribution in [0.5, 0.6) is 0 Å². The van der Waals surface area contributed by atoms with Crippen molar-refractivity contribution in [3.8, 4) is 0 Å². The molecule has 0 aromatic carbocycles. The standard InChI is InChI=1S/C13H25NS/c1-3-11(10-8-9-10)14-12-6-5-7-13(12)15-4-2/h10-14H,3-9H2,1-2H3. The summed E-state index contributed by atoms with van der Waals surface area (Å²) in [5, 5.41) is 4.85. The average molecular weight is 227 g/mol. The summed E-state index contributed by atoms with van der Waals surface area (Å²) in [6.45, 7) is 4.63. The molecule has 1 nitrogen and oxygen atoms in total. The van der Waals surface area contributed by atoms with E-state index in [1.54, 1.807) is 0 Å². The van der Waals surface area contributed by atoms with Crippen molar-refractivity contribution in [2.75, 3.05) is 5.75 Å². The number of hydrogen-bond acceptors (Lipinski definition) is 2. The van der Waals surface area contributed by atoms with Crippen molar-refractivity contribution >= 4 is 11.8 Å². The third-order valence-electron chi connectivity index (χ3n) is 3.89. The topological polar surface area (TPSA) is 12.0 Å². The Hall–Kier alpha value is 0.310. The number of hydrogen-bond donors (Lipinski definition) is 1. The summed E-state index contributed by atoms with van der Waals surface area (Å²) in [4.78, 5) is 0. The molecule has 0 aliphatic heterocycles. The minimum Gasteiger partial charge on any atom is -0.310 e. The van der Waals surface area contributed by atoms with Gasteiger partial charge in [0.2, 0.25) is 0 Å². The molecule has 3 atom stereocenters. The Morgan fingerprint density at radius 3 is 2.60 bits per heavy atom. The highest BCUT2D eigenvalue weighted by Gasteiger charge is 2.34. The predicted molar refractivity (Wildman–Crippen MR) is 69.5 cm³/mol. The zero-order valence-electron chi connectivity index (χ0n) is 10.2. The summed E-state index contributed by atoms with van der Waals surface area (Å²) in [7, 11) is 0. The van der Waals surface area contributed by atoms with Gasteiger partial charge in [0.25, 0.3) is 0 Å². The second-order valence-corrected chi connectivity index (χ2v) is 6.57. The van der Waals surface area contributed by atoms with Gasteiger partial charge in [-0.05, 0) is 43.8 Å². The molecule has 0 bridgehead atoms. The van der Waals surface area contributed by atoms with E-state index in [1.807, 2.05) is 0 Å². The molecule has 0 aromatic heterocycles. The van der Waals surface area contributed by atoms with Gasteiger partial charge in [-0.2, -0.15) is 11.8 Å². The minimum atomic E-state index is 0.820. The summed E-state index contributed by atoms with van der Waals surface area (Å²) in [6, 6.07) is 1.65. The summed E-state index contributed by atoms with van der Waals surface area (Å²) < 4.78 is 0. The van der Waals surface area contributed by atoms with Gasteiger partial charge >= 0.3 is 0 Å². The van der Waals surface area contributed by atoms with Crippen molar-refractivity contribution in [3.05, 3.63) is 0 Å². The van der Waals surface area contributed by atoms with E-state index in [4.69, 9.17) is 0 Å². The van der Waals surface area contributed by atoms with E-state index in [2.05, 4.69) is 30.9 Å². The highest BCUT2D eigenvalue weighted by atomic mass is 32.2. The molecule has 2 aliphatic rings. The molecule has 0 amide bonds. The fourth-order valence-electron chi connectivity index (χ4n) is 2.89. The Bertz CT molecular complexity index is 191. The first kappa shape index (κ1) is 11.8. The highest BCUT2D eigenvalue weighted by molar-refractivity contribution is 7.99. The summed E-state index contributed by atoms with van der Waals surface area (Å²) >= 11 is 2.17. The van der Waals surface area contributed by atoms with Crippen LogP contribution in [0, 0.1) is 5.92 Å². The van der Waals surface area contributed by atoms with Crippen LogP contribution in [0.3, 0.4) is 0 Å².